The number of morpholine rings is 1. The predicted molar refractivity (Wildman–Crippen MR) is 137 cm³/mol. The average molecular weight is 477 g/mol. The number of nitrogens with zero attached hydrogens (tertiary/aromatic N) is 3. The van der Waals surface area contributed by atoms with Gasteiger partial charge in [0.25, 0.3) is 0 Å². The van der Waals surface area contributed by atoms with Crippen molar-refractivity contribution in [2.24, 2.45) is 5.92 Å². The molecule has 4 fully saturated rings. The number of piperidine rings is 1. The number of ether oxygens (including phenoxy) is 2. The molecular weight excluding hydrogens is 440 g/mol. The second-order valence-corrected chi connectivity index (χ2v) is 10.8. The predicted octanol–water partition coefficient (Wildman–Crippen LogP) is 5.02. The number of anilines is 4. The number of hydrogen-bond donors (Lipinski definition) is 1. The Balaban J connectivity index is 1.30. The van der Waals surface area contributed by atoms with E-state index in [0.717, 1.165) is 68.0 Å². The number of amides is 1. The zero-order chi connectivity index (χ0) is 23.9. The number of hydrogen-bond acceptors (Lipinski definition) is 6. The lowest BCUT2D eigenvalue weighted by atomic mass is 9.86. The van der Waals surface area contributed by atoms with E-state index in [0.29, 0.717) is 18.7 Å². The Morgan fingerprint density at radius 1 is 1.14 bits per heavy atom. The Kier molecular flexibility index (Phi) is 6.14. The Morgan fingerprint density at radius 2 is 2.00 bits per heavy atom. The van der Waals surface area contributed by atoms with E-state index in [4.69, 9.17) is 9.47 Å². The molecule has 2 bridgehead atoms. The van der Waals surface area contributed by atoms with Crippen molar-refractivity contribution in [3.8, 4) is 0 Å². The number of carbonyl (C=O) groups excluding carboxylic acids is 1. The van der Waals surface area contributed by atoms with Crippen molar-refractivity contribution >= 4 is 28.8 Å². The third kappa shape index (κ3) is 4.52. The highest BCUT2D eigenvalue weighted by molar-refractivity contribution is 6.00. The molecule has 2 aromatic rings. The van der Waals surface area contributed by atoms with E-state index < -0.39 is 0 Å². The van der Waals surface area contributed by atoms with Gasteiger partial charge in [-0.05, 0) is 76.6 Å². The van der Waals surface area contributed by atoms with Crippen molar-refractivity contribution in [3.05, 3.63) is 42.1 Å². The quantitative estimate of drug-likeness (QED) is 0.668. The zero-order valence-electron chi connectivity index (χ0n) is 20.8. The molecule has 5 heterocycles. The lowest BCUT2D eigenvalue weighted by molar-refractivity contribution is -0.124. The summed E-state index contributed by atoms with van der Waals surface area (Å²) in [7, 11) is 0. The first-order valence-corrected chi connectivity index (χ1v) is 13.2. The summed E-state index contributed by atoms with van der Waals surface area (Å²) in [6.07, 6.45) is 8.57. The van der Waals surface area contributed by atoms with Crippen LogP contribution in [-0.2, 0) is 20.8 Å². The van der Waals surface area contributed by atoms with Crippen molar-refractivity contribution in [3.63, 3.8) is 0 Å². The summed E-state index contributed by atoms with van der Waals surface area (Å²) in [5.41, 5.74) is 4.11. The lowest BCUT2D eigenvalue weighted by Crippen LogP contribution is -2.54. The maximum atomic E-state index is 14.0. The van der Waals surface area contributed by atoms with Crippen LogP contribution in [0, 0.1) is 5.92 Å². The fraction of sp³-hybridized carbons (Fsp3) is 0.571. The molecule has 1 saturated carbocycles. The highest BCUT2D eigenvalue weighted by atomic mass is 16.5. The largest absolute Gasteiger partial charge is 0.376 e. The molecule has 1 aromatic carbocycles. The zero-order valence-corrected chi connectivity index (χ0v) is 20.8. The fourth-order valence-corrected chi connectivity index (χ4v) is 6.20. The first-order valence-electron chi connectivity index (χ1n) is 13.2. The number of nitrogens with one attached hydrogen (secondary N) is 1. The molecule has 7 nitrogen and oxygen atoms in total. The molecule has 1 amide bonds. The maximum Gasteiger partial charge on any atom is 0.230 e. The number of rotatable bonds is 4. The van der Waals surface area contributed by atoms with E-state index in [9.17, 15) is 4.79 Å². The average Bonchev–Trinajstić information content (AvgIpc) is 3.05. The summed E-state index contributed by atoms with van der Waals surface area (Å²) in [6, 6.07) is 10.9. The summed E-state index contributed by atoms with van der Waals surface area (Å²) in [6.45, 7) is 6.42. The van der Waals surface area contributed by atoms with Gasteiger partial charge >= 0.3 is 0 Å². The standard InChI is InChI=1S/C28H36N4O3/c1-18(2)35-23-9-5-19(6-10-23)28(33)32-15-20-4-3-13-29-27(20)30-25-12-8-21(14-26(25)32)31-16-24-11-7-22(31)17-34-24/h3-4,8,12-14,18-19,22-24H,5-7,9-11,15-17H2,1-2H3,(H,29,30). The highest BCUT2D eigenvalue weighted by Gasteiger charge is 2.37. The van der Waals surface area contributed by atoms with Gasteiger partial charge in [-0.25, -0.2) is 4.98 Å². The van der Waals surface area contributed by atoms with E-state index in [1.807, 2.05) is 11.0 Å². The first-order chi connectivity index (χ1) is 17.0. The van der Waals surface area contributed by atoms with Crippen LogP contribution >= 0.6 is 0 Å². The fourth-order valence-electron chi connectivity index (χ4n) is 6.20. The van der Waals surface area contributed by atoms with Crippen LogP contribution in [0.1, 0.15) is 57.9 Å². The summed E-state index contributed by atoms with van der Waals surface area (Å²) in [4.78, 5) is 23.1. The van der Waals surface area contributed by atoms with Crippen molar-refractivity contribution < 1.29 is 14.3 Å². The van der Waals surface area contributed by atoms with Gasteiger partial charge in [0.1, 0.15) is 5.82 Å². The van der Waals surface area contributed by atoms with Crippen LogP contribution < -0.4 is 15.1 Å². The third-order valence-corrected chi connectivity index (χ3v) is 8.02. The van der Waals surface area contributed by atoms with Crippen LogP contribution in [0.25, 0.3) is 0 Å². The van der Waals surface area contributed by atoms with Crippen LogP contribution in [0.2, 0.25) is 0 Å². The van der Waals surface area contributed by atoms with Crippen LogP contribution in [0.4, 0.5) is 22.9 Å². The van der Waals surface area contributed by atoms with Crippen LogP contribution in [0.15, 0.2) is 36.5 Å². The molecule has 0 spiro atoms. The molecule has 1 aliphatic carbocycles. The van der Waals surface area contributed by atoms with Crippen molar-refractivity contribution in [2.75, 3.05) is 28.3 Å². The van der Waals surface area contributed by atoms with Crippen molar-refractivity contribution in [2.45, 2.75) is 83.3 Å². The Labute approximate surface area is 207 Å². The molecule has 4 aliphatic heterocycles. The van der Waals surface area contributed by atoms with Crippen LogP contribution in [-0.4, -0.2) is 48.4 Å². The molecule has 2 atom stereocenters. The van der Waals surface area contributed by atoms with Gasteiger partial charge in [-0.2, -0.15) is 0 Å². The smallest absolute Gasteiger partial charge is 0.230 e. The van der Waals surface area contributed by atoms with Crippen molar-refractivity contribution in [1.29, 1.82) is 0 Å². The second kappa shape index (κ2) is 9.43. The first kappa shape index (κ1) is 22.8. The lowest BCUT2D eigenvalue weighted by Gasteiger charge is -2.46. The minimum absolute atomic E-state index is 0.0242. The summed E-state index contributed by atoms with van der Waals surface area (Å²) >= 11 is 0. The Bertz CT molecular complexity index is 1070. The number of benzene rings is 1. The molecular formula is C28H36N4O3. The molecule has 7 rings (SSSR count). The maximum absolute atomic E-state index is 14.0. The van der Waals surface area contributed by atoms with Gasteiger partial charge in [-0.3, -0.25) is 4.79 Å². The Morgan fingerprint density at radius 3 is 2.71 bits per heavy atom. The van der Waals surface area contributed by atoms with Gasteiger partial charge in [-0.1, -0.05) is 6.07 Å². The van der Waals surface area contributed by atoms with E-state index in [1.54, 1.807) is 6.20 Å². The van der Waals surface area contributed by atoms with Gasteiger partial charge < -0.3 is 24.6 Å². The van der Waals surface area contributed by atoms with Gasteiger partial charge in [-0.15, -0.1) is 0 Å². The summed E-state index contributed by atoms with van der Waals surface area (Å²) in [5, 5.41) is 3.52. The highest BCUT2D eigenvalue weighted by Crippen LogP contribution is 2.41. The number of aromatic nitrogens is 1. The molecule has 0 radical (unpaired) electrons. The molecule has 1 N–H and O–H groups in total. The minimum atomic E-state index is 0.0242. The van der Waals surface area contributed by atoms with Gasteiger partial charge in [0.05, 0.1) is 48.9 Å². The van der Waals surface area contributed by atoms with Crippen LogP contribution in [0.3, 0.4) is 0 Å². The molecule has 7 heteroatoms. The van der Waals surface area contributed by atoms with E-state index >= 15 is 0 Å². The SMILES string of the molecule is CC(C)OC1CCC(C(=O)N2Cc3cccnc3Nc3ccc(N4CC5CCC4CO5)cc32)CC1. The van der Waals surface area contributed by atoms with E-state index in [2.05, 4.69) is 53.3 Å². The van der Waals surface area contributed by atoms with Crippen molar-refractivity contribution in [1.82, 2.24) is 4.98 Å². The monoisotopic (exact) mass is 476 g/mol. The summed E-state index contributed by atoms with van der Waals surface area (Å²) in [5.74, 6) is 1.07. The molecule has 5 aliphatic rings. The van der Waals surface area contributed by atoms with E-state index in [1.165, 1.54) is 12.1 Å². The molecule has 1 aromatic heterocycles. The van der Waals surface area contributed by atoms with E-state index in [-0.39, 0.29) is 24.0 Å². The Hall–Kier alpha value is -2.64. The normalized spacial score (nSPS) is 27.7. The topological polar surface area (TPSA) is 66.9 Å². The molecule has 2 unspecified atom stereocenters. The summed E-state index contributed by atoms with van der Waals surface area (Å²) < 4.78 is 12.0. The second-order valence-electron chi connectivity index (χ2n) is 10.8. The molecule has 186 valence electrons. The van der Waals surface area contributed by atoms with Gasteiger partial charge in [0.15, 0.2) is 0 Å². The number of fused-ring (bicyclic) bond motifs is 5. The number of carbonyl (C=O) groups is 1. The minimum Gasteiger partial charge on any atom is -0.376 e. The number of pyridine rings is 1. The molecule has 35 heavy (non-hydrogen) atoms. The van der Waals surface area contributed by atoms with Gasteiger partial charge in [0, 0.05) is 29.9 Å². The molecule has 3 saturated heterocycles. The van der Waals surface area contributed by atoms with Gasteiger partial charge in [0.2, 0.25) is 5.91 Å². The third-order valence-electron chi connectivity index (χ3n) is 8.02. The van der Waals surface area contributed by atoms with Crippen LogP contribution in [0.5, 0.6) is 0 Å².